The highest BCUT2D eigenvalue weighted by atomic mass is 32.1. The Hall–Kier alpha value is -3.56. The SMILES string of the molecule is O=C(NC(=S)Nc1ccc(N2CCOCC2)c([N+](=O)[O-])c1)c1cccc2ccccc12. The number of nitro groups is 1. The van der Waals surface area contributed by atoms with Crippen LogP contribution in [-0.4, -0.2) is 42.2 Å². The Morgan fingerprint density at radius 3 is 2.58 bits per heavy atom. The van der Waals surface area contributed by atoms with Crippen molar-refractivity contribution in [3.05, 3.63) is 76.3 Å². The van der Waals surface area contributed by atoms with Crippen molar-refractivity contribution >= 4 is 51.1 Å². The van der Waals surface area contributed by atoms with Crippen LogP contribution in [-0.2, 0) is 4.74 Å². The molecule has 1 aliphatic rings. The van der Waals surface area contributed by atoms with E-state index in [1.807, 2.05) is 35.2 Å². The van der Waals surface area contributed by atoms with Gasteiger partial charge >= 0.3 is 0 Å². The van der Waals surface area contributed by atoms with Gasteiger partial charge in [-0.25, -0.2) is 0 Å². The number of amides is 1. The largest absolute Gasteiger partial charge is 0.378 e. The van der Waals surface area contributed by atoms with Crippen LogP contribution in [0, 0.1) is 10.1 Å². The molecule has 158 valence electrons. The molecule has 8 nitrogen and oxygen atoms in total. The zero-order chi connectivity index (χ0) is 21.8. The van der Waals surface area contributed by atoms with E-state index in [0.717, 1.165) is 10.8 Å². The second-order valence-electron chi connectivity index (χ2n) is 6.99. The van der Waals surface area contributed by atoms with Gasteiger partial charge in [-0.2, -0.15) is 0 Å². The van der Waals surface area contributed by atoms with E-state index in [1.165, 1.54) is 6.07 Å². The Labute approximate surface area is 184 Å². The van der Waals surface area contributed by atoms with E-state index in [9.17, 15) is 14.9 Å². The maximum absolute atomic E-state index is 12.7. The van der Waals surface area contributed by atoms with Crippen LogP contribution in [0.4, 0.5) is 17.1 Å². The summed E-state index contributed by atoms with van der Waals surface area (Å²) in [5, 5.41) is 18.9. The first-order valence-electron chi connectivity index (χ1n) is 9.74. The van der Waals surface area contributed by atoms with Gasteiger partial charge in [-0.15, -0.1) is 0 Å². The van der Waals surface area contributed by atoms with Crippen molar-refractivity contribution in [1.29, 1.82) is 0 Å². The zero-order valence-electron chi connectivity index (χ0n) is 16.5. The number of thiocarbonyl (C=S) groups is 1. The van der Waals surface area contributed by atoms with Gasteiger partial charge in [0.15, 0.2) is 5.11 Å². The first-order chi connectivity index (χ1) is 15.0. The molecule has 1 heterocycles. The number of fused-ring (bicyclic) bond motifs is 1. The Morgan fingerprint density at radius 2 is 1.81 bits per heavy atom. The van der Waals surface area contributed by atoms with Gasteiger partial charge in [0.25, 0.3) is 11.6 Å². The van der Waals surface area contributed by atoms with Gasteiger partial charge in [-0.3, -0.25) is 20.2 Å². The number of carbonyl (C=O) groups is 1. The molecule has 1 fully saturated rings. The number of rotatable bonds is 4. The summed E-state index contributed by atoms with van der Waals surface area (Å²) in [6.07, 6.45) is 0. The normalized spacial score (nSPS) is 13.6. The van der Waals surface area contributed by atoms with Crippen molar-refractivity contribution < 1.29 is 14.5 Å². The van der Waals surface area contributed by atoms with Crippen molar-refractivity contribution in [3.63, 3.8) is 0 Å². The van der Waals surface area contributed by atoms with E-state index < -0.39 is 4.92 Å². The monoisotopic (exact) mass is 436 g/mol. The van der Waals surface area contributed by atoms with Crippen molar-refractivity contribution in [1.82, 2.24) is 5.32 Å². The van der Waals surface area contributed by atoms with E-state index in [4.69, 9.17) is 17.0 Å². The number of morpholine rings is 1. The summed E-state index contributed by atoms with van der Waals surface area (Å²) in [6, 6.07) is 17.8. The maximum atomic E-state index is 12.7. The van der Waals surface area contributed by atoms with Gasteiger partial charge in [0.2, 0.25) is 0 Å². The highest BCUT2D eigenvalue weighted by molar-refractivity contribution is 7.80. The molecular formula is C22H20N4O4S. The maximum Gasteiger partial charge on any atom is 0.294 e. The fraction of sp³-hybridized carbons (Fsp3) is 0.182. The van der Waals surface area contributed by atoms with Crippen LogP contribution in [0.1, 0.15) is 10.4 Å². The molecule has 2 N–H and O–H groups in total. The molecule has 9 heteroatoms. The number of nitro benzene ring substituents is 1. The Balaban J connectivity index is 1.49. The van der Waals surface area contributed by atoms with Crippen LogP contribution in [0.25, 0.3) is 10.8 Å². The molecule has 4 rings (SSSR count). The summed E-state index contributed by atoms with van der Waals surface area (Å²) < 4.78 is 5.32. The van der Waals surface area contributed by atoms with Gasteiger partial charge in [0.1, 0.15) is 5.69 Å². The van der Waals surface area contributed by atoms with Gasteiger partial charge < -0.3 is 15.0 Å². The van der Waals surface area contributed by atoms with Crippen LogP contribution < -0.4 is 15.5 Å². The van der Waals surface area contributed by atoms with E-state index >= 15 is 0 Å². The number of hydrogen-bond donors (Lipinski definition) is 2. The standard InChI is InChI=1S/C22H20N4O4S/c27-21(18-7-3-5-15-4-1-2-6-17(15)18)24-22(31)23-16-8-9-19(20(14-16)26(28)29)25-10-12-30-13-11-25/h1-9,14H,10-13H2,(H2,23,24,27,31). The first kappa shape index (κ1) is 20.7. The molecule has 3 aromatic rings. The molecule has 31 heavy (non-hydrogen) atoms. The molecule has 0 unspecified atom stereocenters. The average molecular weight is 436 g/mol. The summed E-state index contributed by atoms with van der Waals surface area (Å²) in [7, 11) is 0. The second kappa shape index (κ2) is 9.07. The Kier molecular flexibility index (Phi) is 6.06. The van der Waals surface area contributed by atoms with E-state index in [1.54, 1.807) is 24.3 Å². The second-order valence-corrected chi connectivity index (χ2v) is 7.40. The average Bonchev–Trinajstić information content (AvgIpc) is 2.79. The number of benzene rings is 3. The van der Waals surface area contributed by atoms with Crippen LogP contribution in [0.5, 0.6) is 0 Å². The fourth-order valence-corrected chi connectivity index (χ4v) is 3.79. The van der Waals surface area contributed by atoms with Gasteiger partial charge in [0, 0.05) is 30.4 Å². The number of hydrogen-bond acceptors (Lipinski definition) is 6. The highest BCUT2D eigenvalue weighted by Crippen LogP contribution is 2.31. The van der Waals surface area contributed by atoms with Gasteiger partial charge in [-0.1, -0.05) is 36.4 Å². The lowest BCUT2D eigenvalue weighted by molar-refractivity contribution is -0.384. The Morgan fingerprint density at radius 1 is 1.06 bits per heavy atom. The number of carbonyl (C=O) groups excluding carboxylic acids is 1. The van der Waals surface area contributed by atoms with Crippen molar-refractivity contribution in [2.75, 3.05) is 36.5 Å². The van der Waals surface area contributed by atoms with Gasteiger partial charge in [-0.05, 0) is 41.2 Å². The number of ether oxygens (including phenoxy) is 1. The van der Waals surface area contributed by atoms with E-state index in [2.05, 4.69) is 10.6 Å². The van der Waals surface area contributed by atoms with E-state index in [-0.39, 0.29) is 16.7 Å². The molecule has 0 radical (unpaired) electrons. The molecule has 0 saturated carbocycles. The minimum atomic E-state index is -0.423. The minimum absolute atomic E-state index is 0.0323. The lowest BCUT2D eigenvalue weighted by Gasteiger charge is -2.28. The van der Waals surface area contributed by atoms with Crippen molar-refractivity contribution in [3.8, 4) is 0 Å². The summed E-state index contributed by atoms with van der Waals surface area (Å²) in [5.41, 5.74) is 1.42. The predicted molar refractivity (Wildman–Crippen MR) is 124 cm³/mol. The first-order valence-corrected chi connectivity index (χ1v) is 10.1. The van der Waals surface area contributed by atoms with Crippen LogP contribution in [0.3, 0.4) is 0 Å². The Bertz CT molecular complexity index is 1160. The van der Waals surface area contributed by atoms with Crippen LogP contribution >= 0.6 is 12.2 Å². The third-order valence-electron chi connectivity index (χ3n) is 5.04. The molecule has 3 aromatic carbocycles. The topological polar surface area (TPSA) is 96.7 Å². The molecule has 0 bridgehead atoms. The smallest absolute Gasteiger partial charge is 0.294 e. The van der Waals surface area contributed by atoms with Crippen molar-refractivity contribution in [2.45, 2.75) is 0 Å². The fourth-order valence-electron chi connectivity index (χ4n) is 3.58. The van der Waals surface area contributed by atoms with Crippen LogP contribution in [0.2, 0.25) is 0 Å². The molecule has 1 amide bonds. The lowest BCUT2D eigenvalue weighted by atomic mass is 10.0. The number of anilines is 2. The molecule has 1 aliphatic heterocycles. The number of nitrogens with zero attached hydrogens (tertiary/aromatic N) is 2. The van der Waals surface area contributed by atoms with E-state index in [0.29, 0.717) is 43.2 Å². The summed E-state index contributed by atoms with van der Waals surface area (Å²) >= 11 is 5.26. The molecule has 0 spiro atoms. The lowest BCUT2D eigenvalue weighted by Crippen LogP contribution is -2.36. The van der Waals surface area contributed by atoms with Crippen molar-refractivity contribution in [2.24, 2.45) is 0 Å². The summed E-state index contributed by atoms with van der Waals surface area (Å²) in [4.78, 5) is 25.8. The third kappa shape index (κ3) is 4.62. The zero-order valence-corrected chi connectivity index (χ0v) is 17.4. The highest BCUT2D eigenvalue weighted by Gasteiger charge is 2.22. The number of nitrogens with one attached hydrogen (secondary N) is 2. The predicted octanol–water partition coefficient (Wildman–Crippen LogP) is 3.71. The van der Waals surface area contributed by atoms with Gasteiger partial charge in [0.05, 0.1) is 18.1 Å². The molecule has 0 aliphatic carbocycles. The molecular weight excluding hydrogens is 416 g/mol. The quantitative estimate of drug-likeness (QED) is 0.366. The summed E-state index contributed by atoms with van der Waals surface area (Å²) in [5.74, 6) is -0.353. The third-order valence-corrected chi connectivity index (χ3v) is 5.25. The molecule has 1 saturated heterocycles. The summed E-state index contributed by atoms with van der Waals surface area (Å²) in [6.45, 7) is 2.24. The minimum Gasteiger partial charge on any atom is -0.378 e. The van der Waals surface area contributed by atoms with Crippen LogP contribution in [0.15, 0.2) is 60.7 Å². The molecule has 0 aromatic heterocycles. The molecule has 0 atom stereocenters.